The fraction of sp³-hybridized carbons (Fsp3) is 0.378. The molecule has 54 heavy (non-hydrogen) atoms. The number of rotatable bonds is 18. The van der Waals surface area contributed by atoms with Crippen LogP contribution in [0.4, 0.5) is 0 Å². The van der Waals surface area contributed by atoms with E-state index in [0.717, 1.165) is 71.0 Å². The van der Waals surface area contributed by atoms with Crippen molar-refractivity contribution in [1.82, 2.24) is 9.88 Å². The number of hydrogen-bond acceptors (Lipinski definition) is 8. The first kappa shape index (κ1) is 38.8. The number of H-pyrrole nitrogens is 1. The molecule has 9 heteroatoms. The number of carbonyl (C=O) groups excluding carboxylic acids is 1. The standard InChI is InChI=1S/C45H52N2O7/c48-40(38-21-23-41(49)43-39(38)22-24-42(50)46-43)20-11-3-1-2-4-12-29-53-37-19-13-18-36(30-37)45(52,35-16-9-6-10-17-35)44(51)54-32-34-25-27-47(28-26-34)31-33-14-7-5-8-15-33/h5-10,13-19,21-24,30,34,40,48-49,52H,1-4,11-12,20,25-29,31-32H2,(H,46,50)/t40-,45+/m1/s1. The van der Waals surface area contributed by atoms with E-state index < -0.39 is 17.7 Å². The largest absolute Gasteiger partial charge is 0.506 e. The summed E-state index contributed by atoms with van der Waals surface area (Å²) in [6.07, 6.45) is 7.53. The summed E-state index contributed by atoms with van der Waals surface area (Å²) in [5.41, 5.74) is 0.925. The number of pyridine rings is 1. The zero-order valence-corrected chi connectivity index (χ0v) is 30.9. The minimum Gasteiger partial charge on any atom is -0.506 e. The van der Waals surface area contributed by atoms with Gasteiger partial charge in [-0.2, -0.15) is 0 Å². The number of fused-ring (bicyclic) bond motifs is 1. The fourth-order valence-electron chi connectivity index (χ4n) is 7.39. The summed E-state index contributed by atoms with van der Waals surface area (Å²) in [7, 11) is 0. The van der Waals surface area contributed by atoms with Gasteiger partial charge in [-0.25, -0.2) is 4.79 Å². The van der Waals surface area contributed by atoms with Gasteiger partial charge in [-0.15, -0.1) is 0 Å². The average Bonchev–Trinajstić information content (AvgIpc) is 3.20. The number of likely N-dealkylation sites (tertiary alicyclic amines) is 1. The van der Waals surface area contributed by atoms with E-state index in [1.54, 1.807) is 54.6 Å². The number of benzene rings is 4. The van der Waals surface area contributed by atoms with Crippen molar-refractivity contribution < 1.29 is 29.6 Å². The first-order valence-electron chi connectivity index (χ1n) is 19.3. The average molecular weight is 733 g/mol. The summed E-state index contributed by atoms with van der Waals surface area (Å²) in [4.78, 5) is 30.5. The van der Waals surface area contributed by atoms with Gasteiger partial charge < -0.3 is 29.8 Å². The predicted molar refractivity (Wildman–Crippen MR) is 210 cm³/mol. The number of aromatic hydroxyl groups is 1. The molecule has 0 radical (unpaired) electrons. The lowest BCUT2D eigenvalue weighted by Crippen LogP contribution is -2.40. The Balaban J connectivity index is 0.937. The number of nitrogens with zero attached hydrogens (tertiary/aromatic N) is 1. The first-order valence-corrected chi connectivity index (χ1v) is 19.3. The van der Waals surface area contributed by atoms with E-state index in [1.807, 2.05) is 18.2 Å². The van der Waals surface area contributed by atoms with E-state index in [4.69, 9.17) is 9.47 Å². The van der Waals surface area contributed by atoms with Crippen LogP contribution in [0.25, 0.3) is 10.9 Å². The monoisotopic (exact) mass is 732 g/mol. The van der Waals surface area contributed by atoms with Crippen molar-refractivity contribution in [3.63, 3.8) is 0 Å². The minimum absolute atomic E-state index is 0.0130. The molecular formula is C45H52N2O7. The molecule has 1 fully saturated rings. The van der Waals surface area contributed by atoms with Crippen LogP contribution in [0.3, 0.4) is 0 Å². The smallest absolute Gasteiger partial charge is 0.347 e. The number of esters is 1. The summed E-state index contributed by atoms with van der Waals surface area (Å²) in [6.45, 7) is 3.57. The molecule has 5 aromatic rings. The number of phenols is 1. The number of piperidine rings is 1. The highest BCUT2D eigenvalue weighted by atomic mass is 16.5. The van der Waals surface area contributed by atoms with E-state index in [1.165, 1.54) is 17.7 Å². The lowest BCUT2D eigenvalue weighted by molar-refractivity contribution is -0.164. The summed E-state index contributed by atoms with van der Waals surface area (Å²) in [5, 5.41) is 33.7. The number of aromatic amines is 1. The molecule has 6 rings (SSSR count). The zero-order chi connectivity index (χ0) is 37.8. The molecule has 1 aliphatic heterocycles. The molecule has 0 bridgehead atoms. The van der Waals surface area contributed by atoms with Crippen LogP contribution in [0, 0.1) is 5.92 Å². The number of carbonyl (C=O) groups is 1. The zero-order valence-electron chi connectivity index (χ0n) is 30.9. The molecule has 2 heterocycles. The van der Waals surface area contributed by atoms with Gasteiger partial charge in [0, 0.05) is 23.6 Å². The molecule has 0 spiro atoms. The molecule has 1 saturated heterocycles. The molecule has 284 valence electrons. The molecule has 0 aliphatic carbocycles. The van der Waals surface area contributed by atoms with Gasteiger partial charge in [0.05, 0.1) is 24.8 Å². The second-order valence-corrected chi connectivity index (χ2v) is 14.5. The SMILES string of the molecule is O=C(OCC1CCN(Cc2ccccc2)CC1)[C@](O)(c1ccccc1)c1cccc(OCCCCCCCC[C@@H](O)c2ccc(O)c3[nH]c(=O)ccc23)c1. The van der Waals surface area contributed by atoms with Gasteiger partial charge in [-0.1, -0.05) is 111 Å². The topological polar surface area (TPSA) is 132 Å². The molecular weight excluding hydrogens is 681 g/mol. The van der Waals surface area contributed by atoms with E-state index in [-0.39, 0.29) is 23.8 Å². The molecule has 0 unspecified atom stereocenters. The highest BCUT2D eigenvalue weighted by molar-refractivity contribution is 5.87. The van der Waals surface area contributed by atoms with Crippen LogP contribution in [0.15, 0.2) is 114 Å². The molecule has 2 atom stereocenters. The van der Waals surface area contributed by atoms with Crippen molar-refractivity contribution in [1.29, 1.82) is 0 Å². The van der Waals surface area contributed by atoms with Gasteiger partial charge in [-0.05, 0) is 85.6 Å². The van der Waals surface area contributed by atoms with Gasteiger partial charge in [0.25, 0.3) is 0 Å². The Morgan fingerprint density at radius 3 is 2.26 bits per heavy atom. The highest BCUT2D eigenvalue weighted by Gasteiger charge is 2.42. The molecule has 4 N–H and O–H groups in total. The maximum Gasteiger partial charge on any atom is 0.347 e. The Morgan fingerprint density at radius 2 is 1.50 bits per heavy atom. The van der Waals surface area contributed by atoms with Crippen LogP contribution < -0.4 is 10.3 Å². The maximum absolute atomic E-state index is 13.8. The van der Waals surface area contributed by atoms with Crippen molar-refractivity contribution in [2.75, 3.05) is 26.3 Å². The number of unbranched alkanes of at least 4 members (excludes halogenated alkanes) is 5. The Labute approximate surface area is 317 Å². The number of nitrogens with one attached hydrogen (secondary N) is 1. The number of hydrogen-bond donors (Lipinski definition) is 4. The van der Waals surface area contributed by atoms with Crippen molar-refractivity contribution in [3.05, 3.63) is 142 Å². The Kier molecular flexibility index (Phi) is 13.5. The quantitative estimate of drug-likeness (QED) is 0.0531. The van der Waals surface area contributed by atoms with E-state index >= 15 is 0 Å². The number of phenolic OH excluding ortho intramolecular Hbond substituents is 1. The lowest BCUT2D eigenvalue weighted by atomic mass is 9.86. The normalized spacial score (nSPS) is 15.4. The summed E-state index contributed by atoms with van der Waals surface area (Å²) in [5.74, 6) is 0.126. The van der Waals surface area contributed by atoms with Gasteiger partial charge in [0.2, 0.25) is 11.2 Å². The van der Waals surface area contributed by atoms with Crippen LogP contribution >= 0.6 is 0 Å². The van der Waals surface area contributed by atoms with Gasteiger partial charge in [0.1, 0.15) is 11.5 Å². The molecule has 0 saturated carbocycles. The fourth-order valence-corrected chi connectivity index (χ4v) is 7.39. The summed E-state index contributed by atoms with van der Waals surface area (Å²) >= 11 is 0. The maximum atomic E-state index is 13.8. The Bertz CT molecular complexity index is 1990. The number of aliphatic hydroxyl groups excluding tert-OH is 1. The number of ether oxygens (including phenoxy) is 2. The van der Waals surface area contributed by atoms with Crippen molar-refractivity contribution in [3.8, 4) is 11.5 Å². The predicted octanol–water partition coefficient (Wildman–Crippen LogP) is 7.77. The number of aliphatic hydroxyl groups is 2. The molecule has 0 amide bonds. The van der Waals surface area contributed by atoms with Gasteiger partial charge in [-0.3, -0.25) is 9.69 Å². The first-order chi connectivity index (χ1) is 26.3. The second kappa shape index (κ2) is 18.9. The molecule has 4 aromatic carbocycles. The third-order valence-electron chi connectivity index (χ3n) is 10.6. The number of aromatic nitrogens is 1. The van der Waals surface area contributed by atoms with Gasteiger partial charge in [0.15, 0.2) is 0 Å². The van der Waals surface area contributed by atoms with Crippen molar-refractivity contribution in [2.24, 2.45) is 5.92 Å². The van der Waals surface area contributed by atoms with Crippen molar-refractivity contribution >= 4 is 16.9 Å². The van der Waals surface area contributed by atoms with Crippen LogP contribution in [0.2, 0.25) is 0 Å². The van der Waals surface area contributed by atoms with E-state index in [9.17, 15) is 24.9 Å². The van der Waals surface area contributed by atoms with Crippen LogP contribution in [-0.2, 0) is 21.7 Å². The van der Waals surface area contributed by atoms with Gasteiger partial charge >= 0.3 is 5.97 Å². The molecule has 1 aromatic heterocycles. The molecule has 9 nitrogen and oxygen atoms in total. The summed E-state index contributed by atoms with van der Waals surface area (Å²) < 4.78 is 12.0. The second-order valence-electron chi connectivity index (χ2n) is 14.5. The van der Waals surface area contributed by atoms with Crippen LogP contribution in [0.5, 0.6) is 11.5 Å². The third kappa shape index (κ3) is 9.96. The lowest BCUT2D eigenvalue weighted by Gasteiger charge is -2.33. The van der Waals surface area contributed by atoms with Crippen LogP contribution in [-0.4, -0.2) is 57.5 Å². The summed E-state index contributed by atoms with van der Waals surface area (Å²) in [6, 6.07) is 32.8. The Morgan fingerprint density at radius 1 is 0.815 bits per heavy atom. The van der Waals surface area contributed by atoms with E-state index in [2.05, 4.69) is 34.1 Å². The highest BCUT2D eigenvalue weighted by Crippen LogP contribution is 2.34. The van der Waals surface area contributed by atoms with Crippen molar-refractivity contribution in [2.45, 2.75) is 76.0 Å². The van der Waals surface area contributed by atoms with E-state index in [0.29, 0.717) is 46.4 Å². The minimum atomic E-state index is -1.98. The Hall–Kier alpha value is -4.96. The van der Waals surface area contributed by atoms with Crippen LogP contribution in [0.1, 0.15) is 86.1 Å². The third-order valence-corrected chi connectivity index (χ3v) is 10.6. The molecule has 1 aliphatic rings.